The number of aliphatic imine (C=N–C) groups is 1. The number of nitrogens with two attached hydrogens (primary N) is 4. The molecule has 0 saturated heterocycles. The molecule has 0 aliphatic heterocycles. The molecule has 1 atom stereocenters. The second-order valence-electron chi connectivity index (χ2n) is 3.50. The zero-order valence-corrected chi connectivity index (χ0v) is 10.2. The second-order valence-corrected chi connectivity index (χ2v) is 3.50. The van der Waals surface area contributed by atoms with Crippen LogP contribution in [0.1, 0.15) is 6.42 Å². The third kappa shape index (κ3) is 6.27. The van der Waals surface area contributed by atoms with Crippen molar-refractivity contribution < 1.29 is 14.4 Å². The van der Waals surface area contributed by atoms with Gasteiger partial charge >= 0.3 is 5.97 Å². The lowest BCUT2D eigenvalue weighted by Crippen LogP contribution is -2.36. The highest BCUT2D eigenvalue weighted by Gasteiger charge is 2.18. The van der Waals surface area contributed by atoms with E-state index in [1.165, 1.54) is 4.90 Å². The molecule has 0 fully saturated rings. The number of rotatable bonds is 4. The molecule has 0 bridgehead atoms. The number of primary amides is 1. The number of nitrogens with zero attached hydrogens (tertiary/aromatic N) is 3. The summed E-state index contributed by atoms with van der Waals surface area (Å²) in [6, 6.07) is -1.20. The molecule has 0 heterocycles. The second kappa shape index (κ2) is 7.06. The van der Waals surface area contributed by atoms with Crippen molar-refractivity contribution in [1.82, 2.24) is 4.90 Å². The Kier molecular flexibility index (Phi) is 6.14. The molecule has 0 aromatic carbocycles. The third-order valence-corrected chi connectivity index (χ3v) is 1.64. The first-order valence-corrected chi connectivity index (χ1v) is 4.83. The van der Waals surface area contributed by atoms with Crippen LogP contribution < -0.4 is 22.9 Å². The van der Waals surface area contributed by atoms with Crippen LogP contribution in [0.5, 0.6) is 0 Å². The molecule has 1 amide bonds. The first-order valence-electron chi connectivity index (χ1n) is 4.83. The molecule has 18 heavy (non-hydrogen) atoms. The van der Waals surface area contributed by atoms with E-state index in [0.29, 0.717) is 0 Å². The summed E-state index contributed by atoms with van der Waals surface area (Å²) in [5.41, 5.74) is 20.9. The van der Waals surface area contributed by atoms with E-state index in [1.54, 1.807) is 14.1 Å². The smallest absolute Gasteiger partial charge is 0.352 e. The molecular formula is C8H17N7O3. The monoisotopic (exact) mass is 259 g/mol. The fraction of sp³-hybridized carbons (Fsp3) is 0.500. The number of oxime groups is 1. The molecule has 0 rings (SSSR count). The van der Waals surface area contributed by atoms with Gasteiger partial charge in [-0.15, -0.1) is 0 Å². The summed E-state index contributed by atoms with van der Waals surface area (Å²) in [5, 5.41) is 3.19. The Morgan fingerprint density at radius 1 is 1.28 bits per heavy atom. The minimum Gasteiger partial charge on any atom is -0.370 e. The largest absolute Gasteiger partial charge is 0.370 e. The van der Waals surface area contributed by atoms with Gasteiger partial charge in [0.1, 0.15) is 6.04 Å². The van der Waals surface area contributed by atoms with Gasteiger partial charge in [-0.1, -0.05) is 0 Å². The number of hydrogen-bond donors (Lipinski definition) is 4. The molecule has 102 valence electrons. The van der Waals surface area contributed by atoms with Crippen LogP contribution in [0.15, 0.2) is 10.1 Å². The Labute approximate surface area is 104 Å². The number of amides is 1. The molecule has 0 aromatic heterocycles. The molecule has 0 aliphatic rings. The highest BCUT2D eigenvalue weighted by atomic mass is 16.7. The average Bonchev–Trinajstić information content (AvgIpc) is 2.24. The highest BCUT2D eigenvalue weighted by molar-refractivity contribution is 5.93. The lowest BCUT2D eigenvalue weighted by atomic mass is 10.2. The molecule has 0 radical (unpaired) electrons. The topological polar surface area (TPSA) is 175 Å². The van der Waals surface area contributed by atoms with Crippen LogP contribution in [0.25, 0.3) is 0 Å². The quantitative estimate of drug-likeness (QED) is 0.178. The average molecular weight is 259 g/mol. The molecule has 0 aliphatic carbocycles. The van der Waals surface area contributed by atoms with Gasteiger partial charge in [0.25, 0.3) is 5.96 Å². The first-order chi connectivity index (χ1) is 8.23. The zero-order chi connectivity index (χ0) is 14.3. The molecule has 0 saturated carbocycles. The van der Waals surface area contributed by atoms with Crippen molar-refractivity contribution in [3.8, 4) is 0 Å². The highest BCUT2D eigenvalue weighted by Crippen LogP contribution is 1.92. The number of hydrogen-bond acceptors (Lipinski definition) is 5. The van der Waals surface area contributed by atoms with E-state index in [2.05, 4.69) is 15.0 Å². The fourth-order valence-corrected chi connectivity index (χ4v) is 0.697. The maximum absolute atomic E-state index is 11.2. The summed E-state index contributed by atoms with van der Waals surface area (Å²) in [5.74, 6) is -1.96. The van der Waals surface area contributed by atoms with Crippen molar-refractivity contribution in [3.05, 3.63) is 0 Å². The summed E-state index contributed by atoms with van der Waals surface area (Å²) in [6.07, 6.45) is -0.350. The van der Waals surface area contributed by atoms with E-state index in [1.807, 2.05) is 0 Å². The van der Waals surface area contributed by atoms with E-state index >= 15 is 0 Å². The van der Waals surface area contributed by atoms with Gasteiger partial charge in [-0.3, -0.25) is 4.79 Å². The van der Waals surface area contributed by atoms with Gasteiger partial charge in [0.05, 0.1) is 6.42 Å². The molecule has 10 nitrogen and oxygen atoms in total. The molecular weight excluding hydrogens is 242 g/mol. The van der Waals surface area contributed by atoms with Crippen molar-refractivity contribution in [2.24, 2.45) is 33.1 Å². The number of carbonyl (C=O) groups excluding carboxylic acids is 2. The van der Waals surface area contributed by atoms with Crippen LogP contribution in [0.2, 0.25) is 0 Å². The van der Waals surface area contributed by atoms with Crippen LogP contribution in [0.4, 0.5) is 0 Å². The van der Waals surface area contributed by atoms with Crippen molar-refractivity contribution >= 4 is 23.8 Å². The lowest BCUT2D eigenvalue weighted by Gasteiger charge is -2.09. The van der Waals surface area contributed by atoms with Crippen molar-refractivity contribution in [2.75, 3.05) is 14.1 Å². The minimum absolute atomic E-state index is 0.0775. The Balaban J connectivity index is 4.42. The Hall–Kier alpha value is -2.36. The van der Waals surface area contributed by atoms with Crippen LogP contribution in [0.3, 0.4) is 0 Å². The molecule has 0 aromatic rings. The SMILES string of the molecule is CN(C)C(N)=NC(N)=NOC(=O)C(N)CC(N)=O. The van der Waals surface area contributed by atoms with Gasteiger partial charge in [-0.05, 0) is 5.16 Å². The van der Waals surface area contributed by atoms with Gasteiger partial charge in [-0.25, -0.2) is 4.79 Å². The fourth-order valence-electron chi connectivity index (χ4n) is 0.697. The predicted octanol–water partition coefficient (Wildman–Crippen LogP) is -3.16. The van der Waals surface area contributed by atoms with Crippen LogP contribution in [0, 0.1) is 0 Å². The van der Waals surface area contributed by atoms with E-state index in [0.717, 1.165) is 0 Å². The van der Waals surface area contributed by atoms with Crippen molar-refractivity contribution in [1.29, 1.82) is 0 Å². The van der Waals surface area contributed by atoms with Gasteiger partial charge in [0.2, 0.25) is 5.91 Å². The number of carbonyl (C=O) groups is 2. The van der Waals surface area contributed by atoms with Gasteiger partial charge in [0, 0.05) is 14.1 Å². The normalized spacial score (nSPS) is 13.9. The van der Waals surface area contributed by atoms with Crippen molar-refractivity contribution in [3.63, 3.8) is 0 Å². The van der Waals surface area contributed by atoms with E-state index < -0.39 is 17.9 Å². The minimum atomic E-state index is -1.20. The van der Waals surface area contributed by atoms with Gasteiger partial charge in [0.15, 0.2) is 5.96 Å². The molecule has 0 spiro atoms. The van der Waals surface area contributed by atoms with E-state index in [-0.39, 0.29) is 18.3 Å². The van der Waals surface area contributed by atoms with Crippen LogP contribution in [-0.4, -0.2) is 48.8 Å². The van der Waals surface area contributed by atoms with Crippen LogP contribution in [-0.2, 0) is 14.4 Å². The van der Waals surface area contributed by atoms with E-state index in [9.17, 15) is 9.59 Å². The maximum Gasteiger partial charge on any atom is 0.352 e. The standard InChI is InChI=1S/C8H17N7O3/c1-15(2)8(12)13-7(11)14-18-6(17)4(9)3-5(10)16/h4H,3,9H2,1-2H3,(H2,10,16)(H4,11,12,13,14). The predicted molar refractivity (Wildman–Crippen MR) is 64.8 cm³/mol. The van der Waals surface area contributed by atoms with Crippen molar-refractivity contribution in [2.45, 2.75) is 12.5 Å². The number of guanidine groups is 2. The zero-order valence-electron chi connectivity index (χ0n) is 10.2. The lowest BCUT2D eigenvalue weighted by molar-refractivity contribution is -0.146. The van der Waals surface area contributed by atoms with Gasteiger partial charge in [-0.2, -0.15) is 4.99 Å². The molecule has 8 N–H and O–H groups in total. The Bertz CT molecular complexity index is 377. The van der Waals surface area contributed by atoms with Gasteiger partial charge < -0.3 is 32.7 Å². The summed E-state index contributed by atoms with van der Waals surface area (Å²) >= 11 is 0. The van der Waals surface area contributed by atoms with Crippen LogP contribution >= 0.6 is 0 Å². The first kappa shape index (κ1) is 15.6. The summed E-state index contributed by atoms with van der Waals surface area (Å²) in [6.45, 7) is 0. The molecule has 1 unspecified atom stereocenters. The summed E-state index contributed by atoms with van der Waals surface area (Å²) < 4.78 is 0. The molecule has 10 heteroatoms. The third-order valence-electron chi connectivity index (χ3n) is 1.64. The summed E-state index contributed by atoms with van der Waals surface area (Å²) in [4.78, 5) is 31.1. The maximum atomic E-state index is 11.2. The summed E-state index contributed by atoms with van der Waals surface area (Å²) in [7, 11) is 3.28. The Morgan fingerprint density at radius 2 is 1.83 bits per heavy atom. The Morgan fingerprint density at radius 3 is 2.28 bits per heavy atom. The van der Waals surface area contributed by atoms with E-state index in [4.69, 9.17) is 22.9 Å².